The minimum absolute atomic E-state index is 0.793. The molecule has 2 aromatic heterocycles. The van der Waals surface area contributed by atoms with Crippen LogP contribution in [0.1, 0.15) is 0 Å². The molecule has 0 bridgehead atoms. The monoisotopic (exact) mass is 658 g/mol. The number of nitrogens with zero attached hydrogens (tertiary/aromatic N) is 4. The van der Waals surface area contributed by atoms with E-state index in [1.54, 1.807) is 28.4 Å². The summed E-state index contributed by atoms with van der Waals surface area (Å²) < 4.78 is 21.8. The van der Waals surface area contributed by atoms with Gasteiger partial charge in [-0.15, -0.1) is 0 Å². The third-order valence-electron chi connectivity index (χ3n) is 9.04. The lowest BCUT2D eigenvalue weighted by Crippen LogP contribution is -2.11. The maximum Gasteiger partial charge on any atom is 0.119 e. The van der Waals surface area contributed by atoms with Crippen LogP contribution in [0, 0.1) is 0 Å². The van der Waals surface area contributed by atoms with Crippen molar-refractivity contribution in [1.82, 2.24) is 9.97 Å². The Bertz CT molecular complexity index is 2080. The van der Waals surface area contributed by atoms with Crippen molar-refractivity contribution < 1.29 is 18.9 Å². The number of pyridine rings is 2. The highest BCUT2D eigenvalue weighted by Crippen LogP contribution is 2.43. The van der Waals surface area contributed by atoms with Gasteiger partial charge < -0.3 is 28.7 Å². The lowest BCUT2D eigenvalue weighted by atomic mass is 9.99. The van der Waals surface area contributed by atoms with E-state index in [9.17, 15) is 0 Å². The van der Waals surface area contributed by atoms with Crippen molar-refractivity contribution in [3.8, 4) is 23.0 Å². The number of hydrogen-bond acceptors (Lipinski definition) is 8. The number of ether oxygens (including phenoxy) is 4. The minimum Gasteiger partial charge on any atom is -0.497 e. The van der Waals surface area contributed by atoms with Crippen molar-refractivity contribution in [2.24, 2.45) is 0 Å². The second-order valence-corrected chi connectivity index (χ2v) is 11.8. The number of methoxy groups -OCH3 is 4. The third-order valence-corrected chi connectivity index (χ3v) is 9.04. The van der Waals surface area contributed by atoms with Crippen LogP contribution in [0.5, 0.6) is 23.0 Å². The molecule has 6 aromatic carbocycles. The highest BCUT2D eigenvalue weighted by Gasteiger charge is 2.20. The smallest absolute Gasteiger partial charge is 0.119 e. The quantitative estimate of drug-likeness (QED) is 0.135. The lowest BCUT2D eigenvalue weighted by molar-refractivity contribution is 0.414. The molecule has 0 N–H and O–H groups in total. The van der Waals surface area contributed by atoms with Gasteiger partial charge in [-0.3, -0.25) is 9.97 Å². The Balaban J connectivity index is 1.27. The van der Waals surface area contributed by atoms with Crippen LogP contribution in [0.4, 0.5) is 34.1 Å². The SMILES string of the molecule is COc1ccc(N(c2ccc(OC)cc2)c2cc3cnc4cc(N(c5ccc(OC)cc5)c5ccc(OC)cc5)cc5cnc(c2)c3c54)cc1. The molecule has 0 saturated carbocycles. The first kappa shape index (κ1) is 30.8. The zero-order valence-electron chi connectivity index (χ0n) is 28.1. The van der Waals surface area contributed by atoms with Crippen molar-refractivity contribution in [2.45, 2.75) is 0 Å². The summed E-state index contributed by atoms with van der Waals surface area (Å²) in [6.07, 6.45) is 3.90. The maximum atomic E-state index is 5.45. The Morgan fingerprint density at radius 3 is 0.900 bits per heavy atom. The average molecular weight is 659 g/mol. The van der Waals surface area contributed by atoms with Crippen LogP contribution in [0.2, 0.25) is 0 Å². The highest BCUT2D eigenvalue weighted by atomic mass is 16.5. The van der Waals surface area contributed by atoms with Crippen LogP contribution in [0.3, 0.4) is 0 Å². The van der Waals surface area contributed by atoms with E-state index in [0.717, 1.165) is 89.7 Å². The van der Waals surface area contributed by atoms with Crippen LogP contribution in [-0.2, 0) is 0 Å². The first-order valence-corrected chi connectivity index (χ1v) is 16.2. The standard InChI is InChI=1S/C42H34N4O4/c1-47-35-13-5-29(6-14-35)45(30-7-15-36(48-2)16-8-30)33-21-27-25-44-40-24-34(22-28-26-43-39(23-33)41(27)42(28)40)46(31-9-17-37(49-3)18-10-31)32-11-19-38(50-4)20-12-32/h5-26H,1-4H3. The Morgan fingerprint density at radius 2 is 0.640 bits per heavy atom. The molecule has 0 aliphatic heterocycles. The summed E-state index contributed by atoms with van der Waals surface area (Å²) in [6.45, 7) is 0. The van der Waals surface area contributed by atoms with Crippen LogP contribution in [0.15, 0.2) is 134 Å². The maximum absolute atomic E-state index is 5.45. The molecule has 0 atom stereocenters. The summed E-state index contributed by atoms with van der Waals surface area (Å²) >= 11 is 0. The van der Waals surface area contributed by atoms with Crippen molar-refractivity contribution in [3.05, 3.63) is 134 Å². The van der Waals surface area contributed by atoms with Gasteiger partial charge in [-0.2, -0.15) is 0 Å². The minimum atomic E-state index is 0.793. The molecule has 0 radical (unpaired) electrons. The van der Waals surface area contributed by atoms with E-state index in [1.165, 1.54) is 0 Å². The zero-order chi connectivity index (χ0) is 34.2. The average Bonchev–Trinajstić information content (AvgIpc) is 3.18. The fourth-order valence-corrected chi connectivity index (χ4v) is 6.57. The third kappa shape index (κ3) is 5.46. The Hall–Kier alpha value is -6.54. The lowest BCUT2D eigenvalue weighted by Gasteiger charge is -2.27. The predicted octanol–water partition coefficient (Wildman–Crippen LogP) is 10.3. The summed E-state index contributed by atoms with van der Waals surface area (Å²) in [7, 11) is 6.69. The molecule has 0 unspecified atom stereocenters. The van der Waals surface area contributed by atoms with E-state index in [2.05, 4.69) is 82.6 Å². The van der Waals surface area contributed by atoms with Gasteiger partial charge in [0.05, 0.1) is 39.5 Å². The number of benzene rings is 6. The first-order valence-electron chi connectivity index (χ1n) is 16.2. The Morgan fingerprint density at radius 1 is 0.360 bits per heavy atom. The van der Waals surface area contributed by atoms with Gasteiger partial charge in [0, 0.05) is 68.1 Å². The van der Waals surface area contributed by atoms with E-state index in [0.29, 0.717) is 0 Å². The van der Waals surface area contributed by atoms with E-state index in [1.807, 2.05) is 60.9 Å². The zero-order valence-corrected chi connectivity index (χ0v) is 28.1. The van der Waals surface area contributed by atoms with Crippen LogP contribution in [-0.4, -0.2) is 38.4 Å². The fourth-order valence-electron chi connectivity index (χ4n) is 6.57. The fraction of sp³-hybridized carbons (Fsp3) is 0.0952. The molecule has 0 amide bonds. The van der Waals surface area contributed by atoms with Crippen molar-refractivity contribution >= 4 is 66.7 Å². The van der Waals surface area contributed by atoms with Gasteiger partial charge in [-0.1, -0.05) is 0 Å². The predicted molar refractivity (Wildman–Crippen MR) is 201 cm³/mol. The second kappa shape index (κ2) is 12.8. The molecule has 8 aromatic rings. The molecule has 8 heteroatoms. The van der Waals surface area contributed by atoms with Gasteiger partial charge in [0.25, 0.3) is 0 Å². The summed E-state index contributed by atoms with van der Waals surface area (Å²) in [5.41, 5.74) is 7.64. The van der Waals surface area contributed by atoms with Crippen LogP contribution < -0.4 is 28.7 Å². The molecule has 50 heavy (non-hydrogen) atoms. The van der Waals surface area contributed by atoms with E-state index >= 15 is 0 Å². The molecule has 0 fully saturated rings. The molecular weight excluding hydrogens is 624 g/mol. The summed E-state index contributed by atoms with van der Waals surface area (Å²) in [5.74, 6) is 3.17. The van der Waals surface area contributed by atoms with E-state index < -0.39 is 0 Å². The summed E-state index contributed by atoms with van der Waals surface area (Å²) in [5, 5.41) is 4.16. The Labute approximate surface area is 290 Å². The van der Waals surface area contributed by atoms with Gasteiger partial charge in [0.1, 0.15) is 23.0 Å². The van der Waals surface area contributed by atoms with Crippen molar-refractivity contribution in [1.29, 1.82) is 0 Å². The molecule has 0 spiro atoms. The van der Waals surface area contributed by atoms with Gasteiger partial charge in [0.15, 0.2) is 0 Å². The molecule has 0 aliphatic carbocycles. The molecule has 0 saturated heterocycles. The molecule has 246 valence electrons. The number of hydrogen-bond donors (Lipinski definition) is 0. The van der Waals surface area contributed by atoms with E-state index in [-0.39, 0.29) is 0 Å². The molecular formula is C42H34N4O4. The van der Waals surface area contributed by atoms with Gasteiger partial charge >= 0.3 is 0 Å². The summed E-state index contributed by atoms with van der Waals surface area (Å²) in [6, 6.07) is 40.8. The first-order chi connectivity index (χ1) is 24.6. The largest absolute Gasteiger partial charge is 0.497 e. The number of rotatable bonds is 10. The van der Waals surface area contributed by atoms with Gasteiger partial charge in [-0.05, 0) is 121 Å². The van der Waals surface area contributed by atoms with Crippen molar-refractivity contribution in [2.75, 3.05) is 38.2 Å². The van der Waals surface area contributed by atoms with Crippen LogP contribution in [0.25, 0.3) is 32.6 Å². The van der Waals surface area contributed by atoms with Gasteiger partial charge in [-0.25, -0.2) is 0 Å². The van der Waals surface area contributed by atoms with Gasteiger partial charge in [0.2, 0.25) is 0 Å². The second-order valence-electron chi connectivity index (χ2n) is 11.8. The molecule has 2 heterocycles. The molecule has 8 nitrogen and oxygen atoms in total. The Kier molecular flexibility index (Phi) is 7.89. The highest BCUT2D eigenvalue weighted by molar-refractivity contribution is 6.22. The summed E-state index contributed by atoms with van der Waals surface area (Å²) in [4.78, 5) is 14.5. The van der Waals surface area contributed by atoms with E-state index in [4.69, 9.17) is 28.9 Å². The number of anilines is 6. The molecule has 8 rings (SSSR count). The normalized spacial score (nSPS) is 11.2. The van der Waals surface area contributed by atoms with Crippen LogP contribution >= 0.6 is 0 Å². The van der Waals surface area contributed by atoms with Crippen molar-refractivity contribution in [3.63, 3.8) is 0 Å². The molecule has 0 aliphatic rings. The topological polar surface area (TPSA) is 69.2 Å². The number of aromatic nitrogens is 2.